The summed E-state index contributed by atoms with van der Waals surface area (Å²) in [5.74, 6) is 0.327. The first-order chi connectivity index (χ1) is 11.7. The molecule has 1 amide bonds. The third-order valence-corrected chi connectivity index (χ3v) is 4.16. The molecule has 1 aromatic carbocycles. The standard InChI is InChI=1S/C15H16N6O2S/c1-3-4-14-18-13(8-24-14)15(22)17-10-5-11(7-12(6-10)23-2)21-9-16-19-20-21/h5-9H,3-4H2,1-2H3,(H,17,22). The number of carbonyl (C=O) groups excluding carboxylic acids is 1. The summed E-state index contributed by atoms with van der Waals surface area (Å²) in [7, 11) is 1.56. The van der Waals surface area contributed by atoms with Gasteiger partial charge in [-0.25, -0.2) is 9.67 Å². The molecule has 2 heterocycles. The van der Waals surface area contributed by atoms with Gasteiger partial charge in [0.2, 0.25) is 0 Å². The molecule has 3 rings (SSSR count). The van der Waals surface area contributed by atoms with Crippen molar-refractivity contribution < 1.29 is 9.53 Å². The topological polar surface area (TPSA) is 94.8 Å². The zero-order valence-corrected chi connectivity index (χ0v) is 14.1. The van der Waals surface area contributed by atoms with Gasteiger partial charge in [0.25, 0.3) is 5.91 Å². The largest absolute Gasteiger partial charge is 0.497 e. The fourth-order valence-corrected chi connectivity index (χ4v) is 3.00. The Labute approximate surface area is 142 Å². The summed E-state index contributed by atoms with van der Waals surface area (Å²) in [6.45, 7) is 2.08. The molecule has 124 valence electrons. The molecule has 2 aromatic heterocycles. The van der Waals surface area contributed by atoms with Crippen molar-refractivity contribution in [2.24, 2.45) is 0 Å². The van der Waals surface area contributed by atoms with Crippen molar-refractivity contribution in [3.05, 3.63) is 40.6 Å². The Hall–Kier alpha value is -2.81. The number of ether oxygens (including phenoxy) is 1. The van der Waals surface area contributed by atoms with E-state index in [4.69, 9.17) is 4.74 Å². The lowest BCUT2D eigenvalue weighted by Gasteiger charge is -2.09. The molecule has 24 heavy (non-hydrogen) atoms. The molecule has 0 radical (unpaired) electrons. The van der Waals surface area contributed by atoms with Crippen LogP contribution in [-0.4, -0.2) is 38.2 Å². The molecule has 9 heteroatoms. The molecule has 0 saturated carbocycles. The van der Waals surface area contributed by atoms with E-state index in [2.05, 4.69) is 32.7 Å². The maximum Gasteiger partial charge on any atom is 0.275 e. The SMILES string of the molecule is CCCc1nc(C(=O)Nc2cc(OC)cc(-n3cnnn3)c2)cs1. The van der Waals surface area contributed by atoms with Gasteiger partial charge in [-0.05, 0) is 29.3 Å². The number of amides is 1. The fraction of sp³-hybridized carbons (Fsp3) is 0.267. The number of nitrogens with one attached hydrogen (secondary N) is 1. The van der Waals surface area contributed by atoms with Gasteiger partial charge in [-0.1, -0.05) is 6.92 Å². The van der Waals surface area contributed by atoms with Crippen LogP contribution in [0.1, 0.15) is 28.8 Å². The summed E-state index contributed by atoms with van der Waals surface area (Å²) < 4.78 is 6.76. The summed E-state index contributed by atoms with van der Waals surface area (Å²) >= 11 is 1.49. The number of hydrogen-bond donors (Lipinski definition) is 1. The average Bonchev–Trinajstić information content (AvgIpc) is 3.26. The van der Waals surface area contributed by atoms with Crippen molar-refractivity contribution >= 4 is 22.9 Å². The average molecular weight is 344 g/mol. The molecule has 0 aliphatic rings. The number of aryl methyl sites for hydroxylation is 1. The number of tetrazole rings is 1. The first-order valence-corrected chi connectivity index (χ1v) is 8.25. The van der Waals surface area contributed by atoms with Crippen LogP contribution in [0.2, 0.25) is 0 Å². The Morgan fingerprint density at radius 3 is 2.96 bits per heavy atom. The number of benzene rings is 1. The molecular formula is C15H16N6O2S. The quantitative estimate of drug-likeness (QED) is 0.737. The fourth-order valence-electron chi connectivity index (χ4n) is 2.12. The highest BCUT2D eigenvalue weighted by Gasteiger charge is 2.12. The van der Waals surface area contributed by atoms with Crippen molar-refractivity contribution in [2.45, 2.75) is 19.8 Å². The van der Waals surface area contributed by atoms with Crippen LogP contribution < -0.4 is 10.1 Å². The molecular weight excluding hydrogens is 328 g/mol. The van der Waals surface area contributed by atoms with Crippen LogP contribution in [-0.2, 0) is 6.42 Å². The maximum atomic E-state index is 12.4. The summed E-state index contributed by atoms with van der Waals surface area (Å²) in [5.41, 5.74) is 1.67. The van der Waals surface area contributed by atoms with Gasteiger partial charge in [-0.2, -0.15) is 0 Å². The predicted octanol–water partition coefficient (Wildman–Crippen LogP) is 2.33. The molecule has 0 unspecified atom stereocenters. The molecule has 0 saturated heterocycles. The van der Waals surface area contributed by atoms with Crippen molar-refractivity contribution in [3.8, 4) is 11.4 Å². The van der Waals surface area contributed by atoms with Gasteiger partial charge in [0.05, 0.1) is 17.8 Å². The molecule has 3 aromatic rings. The zero-order valence-electron chi connectivity index (χ0n) is 13.3. The number of thiazole rings is 1. The molecule has 0 spiro atoms. The van der Waals surface area contributed by atoms with Gasteiger partial charge < -0.3 is 10.1 Å². The van der Waals surface area contributed by atoms with Gasteiger partial charge in [0, 0.05) is 23.2 Å². The van der Waals surface area contributed by atoms with E-state index in [0.29, 0.717) is 22.8 Å². The Kier molecular flexibility index (Phi) is 4.80. The van der Waals surface area contributed by atoms with E-state index >= 15 is 0 Å². The Morgan fingerprint density at radius 1 is 1.38 bits per heavy atom. The van der Waals surface area contributed by atoms with Crippen molar-refractivity contribution in [2.75, 3.05) is 12.4 Å². The zero-order chi connectivity index (χ0) is 16.9. The first-order valence-electron chi connectivity index (χ1n) is 7.37. The molecule has 0 bridgehead atoms. The summed E-state index contributed by atoms with van der Waals surface area (Å²) in [6.07, 6.45) is 3.35. The number of methoxy groups -OCH3 is 1. The summed E-state index contributed by atoms with van der Waals surface area (Å²) in [5, 5.41) is 16.6. The number of hydrogen-bond acceptors (Lipinski definition) is 7. The van der Waals surface area contributed by atoms with E-state index in [9.17, 15) is 4.79 Å². The molecule has 8 nitrogen and oxygen atoms in total. The van der Waals surface area contributed by atoms with Crippen LogP contribution in [0.3, 0.4) is 0 Å². The highest BCUT2D eigenvalue weighted by Crippen LogP contribution is 2.23. The third-order valence-electron chi connectivity index (χ3n) is 3.25. The molecule has 1 N–H and O–H groups in total. The summed E-state index contributed by atoms with van der Waals surface area (Å²) in [6, 6.07) is 5.26. The number of aromatic nitrogens is 5. The monoisotopic (exact) mass is 344 g/mol. The minimum absolute atomic E-state index is 0.260. The van der Waals surface area contributed by atoms with Gasteiger partial charge >= 0.3 is 0 Å². The molecule has 0 aliphatic carbocycles. The number of rotatable bonds is 6. The lowest BCUT2D eigenvalue weighted by molar-refractivity contribution is 0.102. The maximum absolute atomic E-state index is 12.4. The van der Waals surface area contributed by atoms with Gasteiger partial charge in [-0.15, -0.1) is 16.4 Å². The van der Waals surface area contributed by atoms with Crippen molar-refractivity contribution in [1.29, 1.82) is 0 Å². The Bertz CT molecular complexity index is 830. The van der Waals surface area contributed by atoms with Gasteiger partial charge in [0.15, 0.2) is 0 Å². The van der Waals surface area contributed by atoms with E-state index in [1.165, 1.54) is 22.3 Å². The second kappa shape index (κ2) is 7.18. The lowest BCUT2D eigenvalue weighted by Crippen LogP contribution is -2.13. The minimum atomic E-state index is -0.260. The minimum Gasteiger partial charge on any atom is -0.497 e. The normalized spacial score (nSPS) is 10.6. The highest BCUT2D eigenvalue weighted by molar-refractivity contribution is 7.09. The number of nitrogens with zero attached hydrogens (tertiary/aromatic N) is 5. The van der Waals surface area contributed by atoms with Crippen LogP contribution in [0, 0.1) is 0 Å². The third kappa shape index (κ3) is 3.57. The smallest absolute Gasteiger partial charge is 0.275 e. The van der Waals surface area contributed by atoms with Crippen LogP contribution in [0.4, 0.5) is 5.69 Å². The Balaban J connectivity index is 1.83. The second-order valence-electron chi connectivity index (χ2n) is 5.00. The molecule has 0 aliphatic heterocycles. The van der Waals surface area contributed by atoms with Gasteiger partial charge in [-0.3, -0.25) is 4.79 Å². The van der Waals surface area contributed by atoms with Crippen LogP contribution >= 0.6 is 11.3 Å². The van der Waals surface area contributed by atoms with Gasteiger partial charge in [0.1, 0.15) is 17.8 Å². The van der Waals surface area contributed by atoms with E-state index < -0.39 is 0 Å². The van der Waals surface area contributed by atoms with E-state index in [0.717, 1.165) is 17.8 Å². The van der Waals surface area contributed by atoms with Crippen LogP contribution in [0.25, 0.3) is 5.69 Å². The highest BCUT2D eigenvalue weighted by atomic mass is 32.1. The predicted molar refractivity (Wildman–Crippen MR) is 89.8 cm³/mol. The van der Waals surface area contributed by atoms with E-state index in [1.54, 1.807) is 30.7 Å². The van der Waals surface area contributed by atoms with Crippen molar-refractivity contribution in [3.63, 3.8) is 0 Å². The lowest BCUT2D eigenvalue weighted by atomic mass is 10.2. The van der Waals surface area contributed by atoms with Crippen molar-refractivity contribution in [1.82, 2.24) is 25.2 Å². The van der Waals surface area contributed by atoms with Crippen LogP contribution in [0.15, 0.2) is 29.9 Å². The number of carbonyl (C=O) groups is 1. The van der Waals surface area contributed by atoms with E-state index in [1.807, 2.05) is 0 Å². The number of anilines is 1. The molecule has 0 atom stereocenters. The first kappa shape index (κ1) is 16.1. The second-order valence-corrected chi connectivity index (χ2v) is 5.95. The molecule has 0 fully saturated rings. The van der Waals surface area contributed by atoms with E-state index in [-0.39, 0.29) is 5.91 Å². The Morgan fingerprint density at radius 2 is 2.25 bits per heavy atom. The van der Waals surface area contributed by atoms with Crippen LogP contribution in [0.5, 0.6) is 5.75 Å². The summed E-state index contributed by atoms with van der Waals surface area (Å²) in [4.78, 5) is 16.7.